The number of carbonyl (C=O) groups is 1. The van der Waals surface area contributed by atoms with Crippen LogP contribution in [0.4, 0.5) is 13.2 Å². The van der Waals surface area contributed by atoms with E-state index in [9.17, 15) is 26.4 Å². The standard InChI is InChI=1S/C26H28F3N3O4S/c1-2-31(24(33)20-10-12-21(13-11-20)26(27,28)29)16-22-15-30-25(32(22)17-23-9-6-14-36-23)37(34,35)18-19-7-4-3-5-8-19/h3-5,7-8,10-13,15,23H,2,6,9,14,16-18H2,1H3/t23-/m1/s1. The molecule has 2 heterocycles. The highest BCUT2D eigenvalue weighted by Crippen LogP contribution is 2.29. The van der Waals surface area contributed by atoms with Gasteiger partial charge in [-0.3, -0.25) is 4.79 Å². The van der Waals surface area contributed by atoms with E-state index in [0.717, 1.165) is 37.1 Å². The van der Waals surface area contributed by atoms with Crippen molar-refractivity contribution < 1.29 is 31.1 Å². The van der Waals surface area contributed by atoms with Gasteiger partial charge in [-0.05, 0) is 49.6 Å². The molecule has 0 aliphatic carbocycles. The zero-order valence-corrected chi connectivity index (χ0v) is 21.1. The topological polar surface area (TPSA) is 81.5 Å². The molecule has 37 heavy (non-hydrogen) atoms. The molecule has 1 aliphatic heterocycles. The van der Waals surface area contributed by atoms with Crippen molar-refractivity contribution in [2.24, 2.45) is 0 Å². The number of hydrogen-bond donors (Lipinski definition) is 0. The van der Waals surface area contributed by atoms with E-state index in [-0.39, 0.29) is 42.2 Å². The molecule has 0 spiro atoms. The number of aromatic nitrogens is 2. The first kappa shape index (κ1) is 26.9. The van der Waals surface area contributed by atoms with Crippen molar-refractivity contribution in [3.05, 3.63) is 83.2 Å². The van der Waals surface area contributed by atoms with Crippen molar-refractivity contribution in [2.75, 3.05) is 13.2 Å². The second kappa shape index (κ2) is 11.1. The summed E-state index contributed by atoms with van der Waals surface area (Å²) in [6.45, 7) is 2.91. The lowest BCUT2D eigenvalue weighted by molar-refractivity contribution is -0.137. The van der Waals surface area contributed by atoms with Crippen LogP contribution < -0.4 is 0 Å². The fraction of sp³-hybridized carbons (Fsp3) is 0.385. The van der Waals surface area contributed by atoms with Crippen LogP contribution in [-0.2, 0) is 39.6 Å². The maximum Gasteiger partial charge on any atom is 0.416 e. The highest BCUT2D eigenvalue weighted by atomic mass is 32.2. The van der Waals surface area contributed by atoms with Crippen LogP contribution in [0.5, 0.6) is 0 Å². The minimum Gasteiger partial charge on any atom is -0.376 e. The third-order valence-corrected chi connectivity index (χ3v) is 7.87. The number of sulfone groups is 1. The number of alkyl halides is 3. The zero-order chi connectivity index (χ0) is 26.6. The van der Waals surface area contributed by atoms with Gasteiger partial charge in [0.05, 0.1) is 42.4 Å². The van der Waals surface area contributed by atoms with Gasteiger partial charge < -0.3 is 14.2 Å². The van der Waals surface area contributed by atoms with Gasteiger partial charge in [0.25, 0.3) is 5.91 Å². The van der Waals surface area contributed by atoms with Crippen LogP contribution in [0.1, 0.15) is 46.9 Å². The summed E-state index contributed by atoms with van der Waals surface area (Å²) in [7, 11) is -3.81. The van der Waals surface area contributed by atoms with E-state index in [1.165, 1.54) is 11.1 Å². The van der Waals surface area contributed by atoms with Crippen molar-refractivity contribution in [1.29, 1.82) is 0 Å². The van der Waals surface area contributed by atoms with Crippen LogP contribution in [0.25, 0.3) is 0 Å². The van der Waals surface area contributed by atoms with Gasteiger partial charge in [0.2, 0.25) is 15.0 Å². The average molecular weight is 536 g/mol. The molecule has 1 atom stereocenters. The van der Waals surface area contributed by atoms with Crippen LogP contribution >= 0.6 is 0 Å². The Labute approximate surface area is 213 Å². The third kappa shape index (κ3) is 6.40. The third-order valence-electron chi connectivity index (χ3n) is 6.27. The lowest BCUT2D eigenvalue weighted by Crippen LogP contribution is -2.32. The summed E-state index contributed by atoms with van der Waals surface area (Å²) in [5.74, 6) is -0.688. The zero-order valence-electron chi connectivity index (χ0n) is 20.3. The summed E-state index contributed by atoms with van der Waals surface area (Å²) in [5.41, 5.74) is 0.402. The largest absolute Gasteiger partial charge is 0.416 e. The summed E-state index contributed by atoms with van der Waals surface area (Å²) in [6.07, 6.45) is -1.59. The molecule has 0 bridgehead atoms. The van der Waals surface area contributed by atoms with Gasteiger partial charge >= 0.3 is 6.18 Å². The Balaban J connectivity index is 1.61. The quantitative estimate of drug-likeness (QED) is 0.396. The number of nitrogens with zero attached hydrogens (tertiary/aromatic N) is 3. The van der Waals surface area contributed by atoms with Crippen LogP contribution in [0, 0.1) is 0 Å². The Morgan fingerprint density at radius 2 is 1.84 bits per heavy atom. The van der Waals surface area contributed by atoms with Gasteiger partial charge in [0.15, 0.2) is 0 Å². The number of hydrogen-bond acceptors (Lipinski definition) is 5. The molecule has 0 saturated carbocycles. The lowest BCUT2D eigenvalue weighted by Gasteiger charge is -2.23. The highest BCUT2D eigenvalue weighted by molar-refractivity contribution is 7.90. The number of rotatable bonds is 9. The summed E-state index contributed by atoms with van der Waals surface area (Å²) >= 11 is 0. The molecule has 0 unspecified atom stereocenters. The maximum atomic E-state index is 13.3. The second-order valence-corrected chi connectivity index (χ2v) is 10.8. The first-order valence-electron chi connectivity index (χ1n) is 12.0. The van der Waals surface area contributed by atoms with E-state index < -0.39 is 27.5 Å². The van der Waals surface area contributed by atoms with Crippen molar-refractivity contribution in [3.63, 3.8) is 0 Å². The molecule has 11 heteroatoms. The maximum absolute atomic E-state index is 13.3. The lowest BCUT2D eigenvalue weighted by atomic mass is 10.1. The van der Waals surface area contributed by atoms with E-state index in [4.69, 9.17) is 4.74 Å². The first-order valence-corrected chi connectivity index (χ1v) is 13.6. The molecule has 1 saturated heterocycles. The minimum absolute atomic E-state index is 0.0386. The summed E-state index contributed by atoms with van der Waals surface area (Å²) in [6, 6.07) is 12.8. The fourth-order valence-electron chi connectivity index (χ4n) is 4.32. The van der Waals surface area contributed by atoms with Crippen molar-refractivity contribution in [3.8, 4) is 0 Å². The molecular weight excluding hydrogens is 507 g/mol. The van der Waals surface area contributed by atoms with Crippen molar-refractivity contribution in [2.45, 2.75) is 56.0 Å². The SMILES string of the molecule is CCN(Cc1cnc(S(=O)(=O)Cc2ccccc2)n1C[C@H]1CCCO1)C(=O)c1ccc(C(F)(F)F)cc1. The van der Waals surface area contributed by atoms with Gasteiger partial charge in [-0.15, -0.1) is 0 Å². The fourth-order valence-corrected chi connectivity index (χ4v) is 5.82. The molecule has 1 aromatic heterocycles. The molecule has 2 aromatic carbocycles. The van der Waals surface area contributed by atoms with Crippen LogP contribution in [-0.4, -0.2) is 48.0 Å². The molecule has 1 aliphatic rings. The Hall–Kier alpha value is -3.18. The molecule has 4 rings (SSSR count). The number of benzene rings is 2. The van der Waals surface area contributed by atoms with E-state index in [1.807, 2.05) is 0 Å². The summed E-state index contributed by atoms with van der Waals surface area (Å²) < 4.78 is 72.8. The van der Waals surface area contributed by atoms with E-state index in [1.54, 1.807) is 41.8 Å². The monoisotopic (exact) mass is 535 g/mol. The molecule has 7 nitrogen and oxygen atoms in total. The van der Waals surface area contributed by atoms with Gasteiger partial charge in [-0.1, -0.05) is 30.3 Å². The minimum atomic E-state index is -4.50. The summed E-state index contributed by atoms with van der Waals surface area (Å²) in [4.78, 5) is 18.8. The molecular formula is C26H28F3N3O4S. The summed E-state index contributed by atoms with van der Waals surface area (Å²) in [5, 5.41) is -0.0973. The highest BCUT2D eigenvalue weighted by Gasteiger charge is 2.31. The molecule has 198 valence electrons. The smallest absolute Gasteiger partial charge is 0.376 e. The van der Waals surface area contributed by atoms with Crippen LogP contribution in [0.3, 0.4) is 0 Å². The first-order chi connectivity index (χ1) is 17.6. The Morgan fingerprint density at radius 1 is 1.14 bits per heavy atom. The Bertz CT molecular complexity index is 1320. The van der Waals surface area contributed by atoms with E-state index in [0.29, 0.717) is 17.9 Å². The Kier molecular flexibility index (Phi) is 8.03. The molecule has 0 N–H and O–H groups in total. The van der Waals surface area contributed by atoms with Gasteiger partial charge in [-0.25, -0.2) is 13.4 Å². The normalized spacial score (nSPS) is 16.2. The van der Waals surface area contributed by atoms with E-state index >= 15 is 0 Å². The predicted octanol–water partition coefficient (Wildman–Crippen LogP) is 4.72. The van der Waals surface area contributed by atoms with Gasteiger partial charge in [-0.2, -0.15) is 13.2 Å². The molecule has 3 aromatic rings. The number of ether oxygens (including phenoxy) is 1. The number of carbonyl (C=O) groups excluding carboxylic acids is 1. The molecule has 1 fully saturated rings. The van der Waals surface area contributed by atoms with Gasteiger partial charge in [0, 0.05) is 18.7 Å². The molecule has 1 amide bonds. The molecule has 0 radical (unpaired) electrons. The second-order valence-electron chi connectivity index (χ2n) is 8.92. The number of imidazole rings is 1. The van der Waals surface area contributed by atoms with Crippen molar-refractivity contribution >= 4 is 15.7 Å². The average Bonchev–Trinajstić information content (AvgIpc) is 3.53. The number of halogens is 3. The number of amides is 1. The van der Waals surface area contributed by atoms with E-state index in [2.05, 4.69) is 4.98 Å². The van der Waals surface area contributed by atoms with Crippen LogP contribution in [0.15, 0.2) is 66.0 Å². The van der Waals surface area contributed by atoms with Crippen molar-refractivity contribution in [1.82, 2.24) is 14.5 Å². The Morgan fingerprint density at radius 3 is 2.43 bits per heavy atom. The van der Waals surface area contributed by atoms with Crippen LogP contribution in [0.2, 0.25) is 0 Å². The van der Waals surface area contributed by atoms with Gasteiger partial charge in [0.1, 0.15) is 0 Å². The predicted molar refractivity (Wildman–Crippen MR) is 130 cm³/mol.